The molecule has 0 radical (unpaired) electrons. The third kappa shape index (κ3) is 3.14. The van der Waals surface area contributed by atoms with Gasteiger partial charge in [0.1, 0.15) is 0 Å². The van der Waals surface area contributed by atoms with E-state index in [1.165, 1.54) is 44.9 Å². The van der Waals surface area contributed by atoms with E-state index in [1.54, 1.807) is 0 Å². The molecule has 2 saturated carbocycles. The molecule has 0 aromatic carbocycles. The van der Waals surface area contributed by atoms with Crippen LogP contribution in [0, 0.1) is 17.8 Å². The highest BCUT2D eigenvalue weighted by Gasteiger charge is 2.42. The number of aliphatic hydroxyl groups is 1. The van der Waals surface area contributed by atoms with E-state index in [1.807, 2.05) is 0 Å². The van der Waals surface area contributed by atoms with Crippen LogP contribution in [0.25, 0.3) is 0 Å². The van der Waals surface area contributed by atoms with Gasteiger partial charge >= 0.3 is 0 Å². The van der Waals surface area contributed by atoms with E-state index in [-0.39, 0.29) is 5.54 Å². The molecule has 0 saturated heterocycles. The molecular weight excluding hydrogens is 236 g/mol. The molecule has 0 aromatic rings. The van der Waals surface area contributed by atoms with Gasteiger partial charge < -0.3 is 16.2 Å². The second kappa shape index (κ2) is 6.55. The quantitative estimate of drug-likeness (QED) is 0.733. The molecule has 2 rings (SSSR count). The van der Waals surface area contributed by atoms with E-state index < -0.39 is 0 Å². The number of aliphatic hydroxyl groups excluding tert-OH is 1. The molecular formula is C16H32N2O. The maximum absolute atomic E-state index is 9.59. The fraction of sp³-hybridized carbons (Fsp3) is 1.00. The number of hydrogen-bond donors (Lipinski definition) is 3. The summed E-state index contributed by atoms with van der Waals surface area (Å²) >= 11 is 0. The second-order valence-electron chi connectivity index (χ2n) is 7.00. The van der Waals surface area contributed by atoms with Crippen LogP contribution in [0.4, 0.5) is 0 Å². The predicted octanol–water partition coefficient (Wildman–Crippen LogP) is 2.28. The largest absolute Gasteiger partial charge is 0.396 e. The molecule has 5 unspecified atom stereocenters. The van der Waals surface area contributed by atoms with Gasteiger partial charge in [-0.1, -0.05) is 39.5 Å². The van der Waals surface area contributed by atoms with Crippen LogP contribution in [0.1, 0.15) is 58.8 Å². The lowest BCUT2D eigenvalue weighted by atomic mass is 9.67. The average molecular weight is 268 g/mol. The van der Waals surface area contributed by atoms with Crippen LogP contribution in [-0.4, -0.2) is 29.8 Å². The van der Waals surface area contributed by atoms with Crippen molar-refractivity contribution in [2.45, 2.75) is 70.4 Å². The van der Waals surface area contributed by atoms with Crippen molar-refractivity contribution in [3.8, 4) is 0 Å². The molecule has 112 valence electrons. The molecule has 0 bridgehead atoms. The maximum Gasteiger partial charge on any atom is 0.0474 e. The Hall–Kier alpha value is -0.120. The molecule has 19 heavy (non-hydrogen) atoms. The summed E-state index contributed by atoms with van der Waals surface area (Å²) in [6, 6.07) is 0.468. The zero-order valence-corrected chi connectivity index (χ0v) is 12.7. The first-order valence-corrected chi connectivity index (χ1v) is 8.21. The van der Waals surface area contributed by atoms with Gasteiger partial charge in [-0.2, -0.15) is 0 Å². The van der Waals surface area contributed by atoms with Gasteiger partial charge in [0, 0.05) is 24.7 Å². The predicted molar refractivity (Wildman–Crippen MR) is 79.9 cm³/mol. The Labute approximate surface area is 118 Å². The van der Waals surface area contributed by atoms with E-state index in [9.17, 15) is 5.11 Å². The van der Waals surface area contributed by atoms with Gasteiger partial charge in [-0.3, -0.25) is 0 Å². The second-order valence-corrected chi connectivity index (χ2v) is 7.00. The first-order chi connectivity index (χ1) is 9.13. The van der Waals surface area contributed by atoms with Crippen molar-refractivity contribution in [3.63, 3.8) is 0 Å². The van der Waals surface area contributed by atoms with Crippen molar-refractivity contribution in [1.82, 2.24) is 5.32 Å². The van der Waals surface area contributed by atoms with Crippen LogP contribution < -0.4 is 11.1 Å². The zero-order valence-electron chi connectivity index (χ0n) is 12.7. The molecule has 4 N–H and O–H groups in total. The van der Waals surface area contributed by atoms with Gasteiger partial charge in [0.25, 0.3) is 0 Å². The van der Waals surface area contributed by atoms with Crippen molar-refractivity contribution in [2.75, 3.05) is 13.2 Å². The molecule has 0 amide bonds. The summed E-state index contributed by atoms with van der Waals surface area (Å²) in [6.07, 6.45) is 8.74. The number of hydrogen-bond acceptors (Lipinski definition) is 3. The van der Waals surface area contributed by atoms with Gasteiger partial charge in [-0.15, -0.1) is 0 Å². The first-order valence-electron chi connectivity index (χ1n) is 8.21. The standard InChI is InChI=1S/C16H32N2O/c1-12-6-5-9-16(11-17,13(12)2)18-15-8-4-3-7-14(15)10-19/h12-15,18-19H,3-11,17H2,1-2H3. The summed E-state index contributed by atoms with van der Waals surface area (Å²) in [6.45, 7) is 5.77. The van der Waals surface area contributed by atoms with Crippen LogP contribution >= 0.6 is 0 Å². The Balaban J connectivity index is 2.08. The maximum atomic E-state index is 9.59. The number of nitrogens with two attached hydrogens (primary N) is 1. The summed E-state index contributed by atoms with van der Waals surface area (Å²) < 4.78 is 0. The van der Waals surface area contributed by atoms with Gasteiger partial charge in [0.05, 0.1) is 0 Å². The molecule has 3 heteroatoms. The summed E-state index contributed by atoms with van der Waals surface area (Å²) in [5.41, 5.74) is 6.27. The average Bonchev–Trinajstić information content (AvgIpc) is 2.44. The lowest BCUT2D eigenvalue weighted by molar-refractivity contribution is 0.0634. The smallest absolute Gasteiger partial charge is 0.0474 e. The summed E-state index contributed by atoms with van der Waals surface area (Å²) in [5, 5.41) is 13.5. The lowest BCUT2D eigenvalue weighted by Gasteiger charge is -2.49. The van der Waals surface area contributed by atoms with Crippen molar-refractivity contribution >= 4 is 0 Å². The van der Waals surface area contributed by atoms with E-state index >= 15 is 0 Å². The van der Waals surface area contributed by atoms with Crippen LogP contribution in [0.2, 0.25) is 0 Å². The monoisotopic (exact) mass is 268 g/mol. The van der Waals surface area contributed by atoms with Crippen LogP contribution in [0.15, 0.2) is 0 Å². The normalized spacial score (nSPS) is 44.2. The topological polar surface area (TPSA) is 58.3 Å². The van der Waals surface area contributed by atoms with Crippen molar-refractivity contribution in [1.29, 1.82) is 0 Å². The third-order valence-electron chi connectivity index (χ3n) is 5.99. The van der Waals surface area contributed by atoms with Gasteiger partial charge in [-0.25, -0.2) is 0 Å². The van der Waals surface area contributed by atoms with Crippen LogP contribution in [-0.2, 0) is 0 Å². The Kier molecular flexibility index (Phi) is 5.27. The van der Waals surface area contributed by atoms with Crippen molar-refractivity contribution in [2.24, 2.45) is 23.5 Å². The molecule has 3 nitrogen and oxygen atoms in total. The van der Waals surface area contributed by atoms with E-state index in [0.29, 0.717) is 24.5 Å². The minimum atomic E-state index is 0.104. The highest BCUT2D eigenvalue weighted by atomic mass is 16.3. The molecule has 2 fully saturated rings. The highest BCUT2D eigenvalue weighted by molar-refractivity contribution is 5.01. The third-order valence-corrected chi connectivity index (χ3v) is 5.99. The van der Waals surface area contributed by atoms with Gasteiger partial charge in [0.2, 0.25) is 0 Å². The summed E-state index contributed by atoms with van der Waals surface area (Å²) in [5.74, 6) is 1.81. The van der Waals surface area contributed by atoms with Gasteiger partial charge in [0.15, 0.2) is 0 Å². The lowest BCUT2D eigenvalue weighted by Crippen LogP contribution is -2.63. The van der Waals surface area contributed by atoms with Crippen LogP contribution in [0.3, 0.4) is 0 Å². The molecule has 2 aliphatic rings. The fourth-order valence-corrected chi connectivity index (χ4v) is 4.30. The van der Waals surface area contributed by atoms with Gasteiger partial charge in [-0.05, 0) is 37.0 Å². The SMILES string of the molecule is CC1CCCC(CN)(NC2CCCCC2CO)C1C. The number of nitrogens with one attached hydrogen (secondary N) is 1. The van der Waals surface area contributed by atoms with E-state index in [2.05, 4.69) is 19.2 Å². The highest BCUT2D eigenvalue weighted by Crippen LogP contribution is 2.39. The van der Waals surface area contributed by atoms with E-state index in [4.69, 9.17) is 5.73 Å². The number of rotatable bonds is 4. The zero-order chi connectivity index (χ0) is 13.9. The first kappa shape index (κ1) is 15.3. The van der Waals surface area contributed by atoms with Crippen LogP contribution in [0.5, 0.6) is 0 Å². The van der Waals surface area contributed by atoms with Crippen molar-refractivity contribution in [3.05, 3.63) is 0 Å². The molecule has 5 atom stereocenters. The fourth-order valence-electron chi connectivity index (χ4n) is 4.30. The van der Waals surface area contributed by atoms with Crippen molar-refractivity contribution < 1.29 is 5.11 Å². The Morgan fingerprint density at radius 2 is 1.89 bits per heavy atom. The molecule has 0 spiro atoms. The minimum absolute atomic E-state index is 0.104. The summed E-state index contributed by atoms with van der Waals surface area (Å²) in [7, 11) is 0. The van der Waals surface area contributed by atoms with E-state index in [0.717, 1.165) is 12.5 Å². The summed E-state index contributed by atoms with van der Waals surface area (Å²) in [4.78, 5) is 0. The Morgan fingerprint density at radius 1 is 1.16 bits per heavy atom. The molecule has 0 aliphatic heterocycles. The Morgan fingerprint density at radius 3 is 2.58 bits per heavy atom. The Bertz CT molecular complexity index is 284. The molecule has 0 aromatic heterocycles. The molecule has 2 aliphatic carbocycles. The minimum Gasteiger partial charge on any atom is -0.396 e. The molecule has 0 heterocycles.